The summed E-state index contributed by atoms with van der Waals surface area (Å²) in [7, 11) is 3.76. The van der Waals surface area contributed by atoms with Gasteiger partial charge in [-0.1, -0.05) is 6.07 Å². The van der Waals surface area contributed by atoms with Gasteiger partial charge in [0, 0.05) is 44.3 Å². The molecular weight excluding hydrogens is 494 g/mol. The zero-order valence-electron chi connectivity index (χ0n) is 22.1. The van der Waals surface area contributed by atoms with Gasteiger partial charge in [-0.05, 0) is 64.9 Å². The second-order valence-corrected chi connectivity index (χ2v) is 9.51. The molecule has 1 saturated heterocycles. The molecule has 1 aliphatic heterocycles. The molecule has 11 heteroatoms. The first-order chi connectivity index (χ1) is 17.2. The predicted octanol–water partition coefficient (Wildman–Crippen LogP) is 3.98. The van der Waals surface area contributed by atoms with Crippen molar-refractivity contribution in [3.05, 3.63) is 41.6 Å². The molecule has 10 nitrogen and oxygen atoms in total. The van der Waals surface area contributed by atoms with Crippen molar-refractivity contribution in [2.45, 2.75) is 39.7 Å². The Balaban J connectivity index is 0.00000380. The molecule has 0 unspecified atom stereocenters. The molecule has 2 aromatic heterocycles. The molecule has 200 valence electrons. The summed E-state index contributed by atoms with van der Waals surface area (Å²) in [5, 5.41) is 10.4. The minimum atomic E-state index is -0.629. The lowest BCUT2D eigenvalue weighted by atomic mass is 10.1. The van der Waals surface area contributed by atoms with Gasteiger partial charge in [0.25, 0.3) is 5.91 Å². The third-order valence-electron chi connectivity index (χ3n) is 6.23. The number of fused-ring (bicyclic) bond motifs is 1. The molecule has 0 radical (unpaired) electrons. The standard InChI is InChI=1S/C26H35N7O3.ClH/c1-17(2)36-20-10-8-9-19(15-20)27-26(35)29-25(34)22-16-21-18(3)30-32(5)24(21)28-23(22)31(4)13-14-33-11-6-7-12-33;/h8-10,15-17H,6-7,11-14H2,1-5H3,(H2,27,29,34,35);1H. The molecule has 0 saturated carbocycles. The van der Waals surface area contributed by atoms with Gasteiger partial charge in [-0.25, -0.2) is 9.78 Å². The summed E-state index contributed by atoms with van der Waals surface area (Å²) >= 11 is 0. The summed E-state index contributed by atoms with van der Waals surface area (Å²) in [5.74, 6) is 0.628. The molecule has 3 heterocycles. The van der Waals surface area contributed by atoms with E-state index in [0.717, 1.165) is 30.7 Å². The number of anilines is 2. The average Bonchev–Trinajstić information content (AvgIpc) is 3.44. The summed E-state index contributed by atoms with van der Waals surface area (Å²) in [6.07, 6.45) is 2.45. The fourth-order valence-electron chi connectivity index (χ4n) is 4.45. The van der Waals surface area contributed by atoms with Crippen LogP contribution < -0.4 is 20.3 Å². The summed E-state index contributed by atoms with van der Waals surface area (Å²) in [4.78, 5) is 35.2. The van der Waals surface area contributed by atoms with Crippen LogP contribution in [0.3, 0.4) is 0 Å². The van der Waals surface area contributed by atoms with E-state index in [-0.39, 0.29) is 18.5 Å². The molecule has 0 bridgehead atoms. The van der Waals surface area contributed by atoms with Crippen molar-refractivity contribution in [2.75, 3.05) is 43.4 Å². The molecule has 1 aliphatic rings. The zero-order chi connectivity index (χ0) is 25.8. The number of urea groups is 1. The minimum absolute atomic E-state index is 0. The second-order valence-electron chi connectivity index (χ2n) is 9.51. The molecule has 0 atom stereocenters. The van der Waals surface area contributed by atoms with Crippen molar-refractivity contribution in [1.82, 2.24) is 25.0 Å². The highest BCUT2D eigenvalue weighted by Gasteiger charge is 2.23. The molecule has 3 amide bonds. The van der Waals surface area contributed by atoms with E-state index >= 15 is 0 Å². The van der Waals surface area contributed by atoms with Gasteiger partial charge in [0.15, 0.2) is 5.65 Å². The number of aryl methyl sites for hydroxylation is 2. The SMILES string of the molecule is Cc1nn(C)c2nc(N(C)CCN3CCCC3)c(C(=O)NC(=O)Nc3cccc(OC(C)C)c3)cc12.Cl. The smallest absolute Gasteiger partial charge is 0.326 e. The fraction of sp³-hybridized carbons (Fsp3) is 0.462. The maximum Gasteiger partial charge on any atom is 0.326 e. The number of halogens is 1. The van der Waals surface area contributed by atoms with Gasteiger partial charge in [-0.15, -0.1) is 12.4 Å². The highest BCUT2D eigenvalue weighted by molar-refractivity contribution is 6.11. The monoisotopic (exact) mass is 529 g/mol. The normalized spacial score (nSPS) is 13.5. The topological polar surface area (TPSA) is 105 Å². The van der Waals surface area contributed by atoms with Crippen molar-refractivity contribution < 1.29 is 14.3 Å². The van der Waals surface area contributed by atoms with Crippen LogP contribution in [0.2, 0.25) is 0 Å². The second kappa shape index (κ2) is 12.2. The number of aromatic nitrogens is 3. The molecule has 4 rings (SSSR count). The first-order valence-corrected chi connectivity index (χ1v) is 12.4. The van der Waals surface area contributed by atoms with E-state index < -0.39 is 11.9 Å². The lowest BCUT2D eigenvalue weighted by Crippen LogP contribution is -2.37. The number of rotatable bonds is 8. The van der Waals surface area contributed by atoms with Crippen LogP contribution in [-0.2, 0) is 7.05 Å². The average molecular weight is 530 g/mol. The van der Waals surface area contributed by atoms with Crippen molar-refractivity contribution in [3.8, 4) is 5.75 Å². The van der Waals surface area contributed by atoms with Crippen molar-refractivity contribution in [2.24, 2.45) is 7.05 Å². The first kappa shape index (κ1) is 28.2. The van der Waals surface area contributed by atoms with E-state index in [1.54, 1.807) is 28.9 Å². The van der Waals surface area contributed by atoms with Gasteiger partial charge < -0.3 is 19.9 Å². The van der Waals surface area contributed by atoms with Crippen molar-refractivity contribution in [3.63, 3.8) is 0 Å². The Morgan fingerprint density at radius 1 is 1.19 bits per heavy atom. The number of imide groups is 1. The summed E-state index contributed by atoms with van der Waals surface area (Å²) in [6, 6.07) is 8.19. The van der Waals surface area contributed by atoms with Crippen LogP contribution in [0.4, 0.5) is 16.3 Å². The Bertz CT molecular complexity index is 1250. The van der Waals surface area contributed by atoms with Gasteiger partial charge in [0.2, 0.25) is 0 Å². The highest BCUT2D eigenvalue weighted by Crippen LogP contribution is 2.25. The van der Waals surface area contributed by atoms with Crippen LogP contribution in [-0.4, -0.2) is 70.9 Å². The summed E-state index contributed by atoms with van der Waals surface area (Å²) in [6.45, 7) is 9.53. The number of hydrogen-bond acceptors (Lipinski definition) is 7. The summed E-state index contributed by atoms with van der Waals surface area (Å²) < 4.78 is 7.39. The number of benzene rings is 1. The van der Waals surface area contributed by atoms with Crippen LogP contribution in [0.15, 0.2) is 30.3 Å². The molecule has 1 aromatic carbocycles. The van der Waals surface area contributed by atoms with E-state index in [4.69, 9.17) is 9.72 Å². The third-order valence-corrected chi connectivity index (χ3v) is 6.23. The van der Waals surface area contributed by atoms with E-state index in [1.807, 2.05) is 45.8 Å². The van der Waals surface area contributed by atoms with Crippen molar-refractivity contribution in [1.29, 1.82) is 0 Å². The highest BCUT2D eigenvalue weighted by atomic mass is 35.5. The Labute approximate surface area is 223 Å². The molecule has 2 N–H and O–H groups in total. The molecular formula is C26H36ClN7O3. The third kappa shape index (κ3) is 6.90. The molecule has 0 spiro atoms. The van der Waals surface area contributed by atoms with Crippen LogP contribution in [0.1, 0.15) is 42.7 Å². The van der Waals surface area contributed by atoms with Crippen LogP contribution >= 0.6 is 12.4 Å². The van der Waals surface area contributed by atoms with Crippen LogP contribution in [0, 0.1) is 6.92 Å². The Morgan fingerprint density at radius 3 is 2.62 bits per heavy atom. The van der Waals surface area contributed by atoms with Gasteiger partial charge in [-0.2, -0.15) is 5.10 Å². The molecule has 3 aromatic rings. The van der Waals surface area contributed by atoms with Gasteiger partial charge >= 0.3 is 6.03 Å². The first-order valence-electron chi connectivity index (χ1n) is 12.4. The van der Waals surface area contributed by atoms with E-state index in [2.05, 4.69) is 20.6 Å². The largest absolute Gasteiger partial charge is 0.491 e. The minimum Gasteiger partial charge on any atom is -0.491 e. The van der Waals surface area contributed by atoms with E-state index in [1.165, 1.54) is 12.8 Å². The Kier molecular flexibility index (Phi) is 9.34. The van der Waals surface area contributed by atoms with Gasteiger partial charge in [0.1, 0.15) is 11.6 Å². The van der Waals surface area contributed by atoms with Crippen LogP contribution in [0.5, 0.6) is 5.75 Å². The van der Waals surface area contributed by atoms with Crippen molar-refractivity contribution >= 4 is 46.9 Å². The van der Waals surface area contributed by atoms with Gasteiger partial charge in [-0.3, -0.25) is 14.8 Å². The maximum atomic E-state index is 13.3. The fourth-order valence-corrected chi connectivity index (χ4v) is 4.45. The molecule has 37 heavy (non-hydrogen) atoms. The predicted molar refractivity (Wildman–Crippen MR) is 148 cm³/mol. The number of hydrogen-bond donors (Lipinski definition) is 2. The molecule has 0 aliphatic carbocycles. The zero-order valence-corrected chi connectivity index (χ0v) is 22.9. The van der Waals surface area contributed by atoms with Gasteiger partial charge in [0.05, 0.1) is 17.4 Å². The lowest BCUT2D eigenvalue weighted by molar-refractivity contribution is 0.0967. The summed E-state index contributed by atoms with van der Waals surface area (Å²) in [5.41, 5.74) is 2.32. The number of pyridine rings is 1. The number of carbonyl (C=O) groups excluding carboxylic acids is 2. The quantitative estimate of drug-likeness (QED) is 0.454. The number of carbonyl (C=O) groups is 2. The number of ether oxygens (including phenoxy) is 1. The van der Waals surface area contributed by atoms with Crippen LogP contribution in [0.25, 0.3) is 11.0 Å². The number of nitrogens with one attached hydrogen (secondary N) is 2. The molecule has 1 fully saturated rings. The van der Waals surface area contributed by atoms with E-state index in [9.17, 15) is 9.59 Å². The number of nitrogens with zero attached hydrogens (tertiary/aromatic N) is 5. The lowest BCUT2D eigenvalue weighted by Gasteiger charge is -2.24. The number of likely N-dealkylation sites (N-methyl/N-ethyl adjacent to an activating group) is 1. The number of amides is 3. The maximum absolute atomic E-state index is 13.3. The van der Waals surface area contributed by atoms with E-state index in [0.29, 0.717) is 35.0 Å². The Hall–Kier alpha value is -3.37. The Morgan fingerprint density at radius 2 is 1.92 bits per heavy atom. The number of likely N-dealkylation sites (tertiary alicyclic amines) is 1.